The van der Waals surface area contributed by atoms with Crippen LogP contribution in [0.2, 0.25) is 0 Å². The third-order valence-electron chi connectivity index (χ3n) is 22.8. The molecule has 1 fully saturated rings. The standard InChI is InChI=1S/C15H20N2.C14H18N2.C10H15F3N2O.C10H14N2O.C9H16N2O.C9H16N2.C8H14N2O.C8H14N2.C8H13N.2C7H12N2.C6H11N3.O2S/c1-11(2)15-9-13(4)16-17(15)10-14-7-5-12(3)6-8-14;1-11(2)14-8-15-16(10-14)9-13-6-4-12(3)5-7-13;1-4-16-9(10(11,12)13)15-6-8(5-14-15)7(2)3;1-7(2)9-5-11-12(6-9)10(13)8-3-4-8;1-8(2)9-6-10-11(7-9)4-5-12-3;1-7-6-8(9(2,3)4)10-11(7)5;1-7(2)8-5-9-10(6-8)3-4-11;1-8(2,3)7-5-10(4)6-9-7;1-6(2)8-4-7(3)9-5-8;1-6(2)7-4-8-9(3)5-7;1-6(2)7-4-5-8-9(7)3;1-5(2)6-7-4-9(3)8-6;1-3-2/h5-9,11H,10H2,1-4H3;4-8,10-11H,9H2,1-3H3;5-7,9H,4H2,1-3H3;5-8H,3-4H2,1-2H3;6-8H,4-5H2,1-3H3;6H,1-5H3;5-7,11H,3-4H2,1-2H3;5-6H,1-4H3;4,6H,5H2,1-3H3;2*4-6H,1-3H3;4-5H,1-3H3;. The first-order valence-corrected chi connectivity index (χ1v) is 51.1. The van der Waals surface area contributed by atoms with E-state index in [0.29, 0.717) is 59.8 Å². The molecule has 0 spiro atoms. The van der Waals surface area contributed by atoms with Gasteiger partial charge in [-0.2, -0.15) is 72.6 Å². The molecule has 1 N–H and O–H groups in total. The van der Waals surface area contributed by atoms with Gasteiger partial charge in [0, 0.05) is 144 Å². The number of hydrogen-bond acceptors (Lipinski definition) is 19. The lowest BCUT2D eigenvalue weighted by Crippen LogP contribution is -2.29. The predicted molar refractivity (Wildman–Crippen MR) is 580 cm³/mol. The van der Waals surface area contributed by atoms with Crippen LogP contribution in [0.4, 0.5) is 13.2 Å². The van der Waals surface area contributed by atoms with Crippen molar-refractivity contribution in [2.45, 2.75) is 337 Å². The highest BCUT2D eigenvalue weighted by atomic mass is 32.1. The molecule has 0 amide bonds. The number of methoxy groups -OCH3 is 1. The van der Waals surface area contributed by atoms with Crippen molar-refractivity contribution in [3.63, 3.8) is 0 Å². The second-order valence-electron chi connectivity index (χ2n) is 41.6. The SMILES string of the molecule is CC(C)c1ccnn1C.CC(C)c1cnn(C(=O)C2CC2)c1.CC(C)c1cnn(C)c1.CC(C)c1cnn(CCO)c1.CC(C)c1ncn(C)n1.CC1=NCC(C(C)C)=C1.CCOC(n1cc(C(C)C)cn1)C(F)(F)F.COCCn1cc(C(C)C)cn1.Cc1cc(C(C)(C)C)nn1C.Cc1ccc(Cn2cc(C(C)C)cn2)cc1.Cc1ccc(Cn2nc(C)cc2C(C)C)cc1.Cn1cnc(C(C)(C)C)c1.O=S=O. The molecule has 1 unspecified atom stereocenters. The average Bonchev–Trinajstić information content (AvgIpc) is 1.70. The highest BCUT2D eigenvalue weighted by Gasteiger charge is 2.43. The van der Waals surface area contributed by atoms with Crippen molar-refractivity contribution in [3.8, 4) is 0 Å². The third kappa shape index (κ3) is 48.9. The summed E-state index contributed by atoms with van der Waals surface area (Å²) in [6.07, 6.45) is 27.5. The lowest BCUT2D eigenvalue weighted by molar-refractivity contribution is -0.251. The van der Waals surface area contributed by atoms with Gasteiger partial charge >= 0.3 is 17.7 Å². The van der Waals surface area contributed by atoms with Crippen LogP contribution < -0.4 is 0 Å². The van der Waals surface area contributed by atoms with Gasteiger partial charge in [-0.25, -0.2) is 19.3 Å². The van der Waals surface area contributed by atoms with E-state index in [4.69, 9.17) is 18.3 Å². The van der Waals surface area contributed by atoms with Gasteiger partial charge in [0.05, 0.1) is 107 Å². The molecule has 2 aliphatic rings. The summed E-state index contributed by atoms with van der Waals surface area (Å²) in [6, 6.07) is 23.6. The minimum Gasteiger partial charge on any atom is -0.394 e. The van der Waals surface area contributed by atoms with Crippen LogP contribution in [0.25, 0.3) is 0 Å². The van der Waals surface area contributed by atoms with Crippen molar-refractivity contribution in [2.75, 3.05) is 33.5 Å². The molecule has 1 atom stereocenters. The minimum atomic E-state index is -4.45. The lowest BCUT2D eigenvalue weighted by atomic mass is 9.92. The molecule has 2 aromatic carbocycles. The van der Waals surface area contributed by atoms with Crippen molar-refractivity contribution in [1.82, 2.24) is 112 Å². The molecule has 802 valence electrons. The number of carbonyl (C=O) groups excluding carboxylic acids is 1. The fourth-order valence-electron chi connectivity index (χ4n) is 13.0. The normalized spacial score (nSPS) is 12.3. The van der Waals surface area contributed by atoms with E-state index in [1.807, 2.05) is 139 Å². The third-order valence-corrected chi connectivity index (χ3v) is 22.8. The Morgan fingerprint density at radius 2 is 0.952 bits per heavy atom. The van der Waals surface area contributed by atoms with Crippen molar-refractivity contribution in [1.29, 1.82) is 0 Å². The van der Waals surface area contributed by atoms with E-state index in [-0.39, 0.29) is 41.8 Å². The molecular formula is C111H175F3N24O6S. The van der Waals surface area contributed by atoms with Crippen LogP contribution in [-0.4, -0.2) is 177 Å². The first-order valence-electron chi connectivity index (χ1n) is 50.4. The number of hydrogen-bond donors (Lipinski definition) is 1. The number of benzene rings is 2. The summed E-state index contributed by atoms with van der Waals surface area (Å²) in [6.45, 7) is 72.5. The molecule has 34 heteroatoms. The fourth-order valence-corrected chi connectivity index (χ4v) is 13.0. The lowest BCUT2D eigenvalue weighted by Gasteiger charge is -2.20. The second-order valence-corrected chi connectivity index (χ2v) is 41.8. The van der Waals surface area contributed by atoms with Crippen molar-refractivity contribution >= 4 is 23.2 Å². The Bertz CT molecular complexity index is 5780. The summed E-state index contributed by atoms with van der Waals surface area (Å²) in [5.74, 6) is 6.33. The monoisotopic (exact) mass is 2030 g/mol. The average molecular weight is 2030 g/mol. The number of ether oxygens (including phenoxy) is 2. The van der Waals surface area contributed by atoms with Gasteiger partial charge in [-0.1, -0.05) is 240 Å². The zero-order valence-corrected chi connectivity index (χ0v) is 95.2. The van der Waals surface area contributed by atoms with Gasteiger partial charge in [-0.05, 0) is 182 Å². The molecule has 30 nitrogen and oxygen atoms in total. The summed E-state index contributed by atoms with van der Waals surface area (Å²) in [7, 11) is 11.4. The van der Waals surface area contributed by atoms with Gasteiger partial charge in [0.1, 0.15) is 6.33 Å². The van der Waals surface area contributed by atoms with Gasteiger partial charge in [0.2, 0.25) is 12.1 Å². The molecular weight excluding hydrogens is 1850 g/mol. The van der Waals surface area contributed by atoms with E-state index < -0.39 is 24.0 Å². The van der Waals surface area contributed by atoms with E-state index in [2.05, 4.69) is 361 Å². The minimum absolute atomic E-state index is 0.0128. The van der Waals surface area contributed by atoms with Crippen LogP contribution in [0.3, 0.4) is 0 Å². The van der Waals surface area contributed by atoms with E-state index in [1.54, 1.807) is 29.0 Å². The number of nitrogens with zero attached hydrogens (tertiary/aromatic N) is 24. The highest BCUT2D eigenvalue weighted by molar-refractivity contribution is 7.51. The Hall–Kier alpha value is -11.8. The molecule has 0 bridgehead atoms. The second kappa shape index (κ2) is 63.6. The maximum absolute atomic E-state index is 12.6. The van der Waals surface area contributed by atoms with Crippen molar-refractivity contribution in [2.24, 2.45) is 52.1 Å². The molecule has 1 aliphatic carbocycles. The van der Waals surface area contributed by atoms with E-state index in [9.17, 15) is 18.0 Å². The van der Waals surface area contributed by atoms with Gasteiger partial charge in [-0.15, -0.1) is 0 Å². The smallest absolute Gasteiger partial charge is 0.394 e. The van der Waals surface area contributed by atoms with Crippen LogP contribution in [0.5, 0.6) is 0 Å². The summed E-state index contributed by atoms with van der Waals surface area (Å²) < 4.78 is 83.5. The number of halogens is 3. The molecule has 1 saturated carbocycles. The van der Waals surface area contributed by atoms with Crippen LogP contribution >= 0.6 is 0 Å². The fraction of sp³-hybridized carbons (Fsp3) is 0.568. The molecule has 12 heterocycles. The van der Waals surface area contributed by atoms with Gasteiger partial charge < -0.3 is 19.1 Å². The van der Waals surface area contributed by atoms with E-state index in [0.717, 1.165) is 84.3 Å². The number of aliphatic hydroxyl groups is 1. The summed E-state index contributed by atoms with van der Waals surface area (Å²) >= 11 is -0.750. The van der Waals surface area contributed by atoms with Crippen LogP contribution in [-0.2, 0) is 93.3 Å². The molecule has 11 aromatic heterocycles. The molecule has 0 saturated heterocycles. The van der Waals surface area contributed by atoms with E-state index >= 15 is 0 Å². The van der Waals surface area contributed by atoms with Crippen LogP contribution in [0.1, 0.15) is 367 Å². The van der Waals surface area contributed by atoms with Crippen LogP contribution in [0, 0.1) is 39.5 Å². The maximum atomic E-state index is 12.6. The number of aryl methyl sites for hydroxylation is 9. The zero-order chi connectivity index (χ0) is 110. The quantitative estimate of drug-likeness (QED) is 0.0622. The molecule has 15 rings (SSSR count). The Balaban J connectivity index is 0.000000408. The van der Waals surface area contributed by atoms with E-state index in [1.165, 1.54) is 96.9 Å². The number of alkyl halides is 3. The topological polar surface area (TPSA) is 311 Å². The van der Waals surface area contributed by atoms with Gasteiger partial charge in [-0.3, -0.25) is 47.2 Å². The molecule has 13 aromatic rings. The Labute approximate surface area is 867 Å². The Kier molecular flexibility index (Phi) is 55.9. The summed E-state index contributed by atoms with van der Waals surface area (Å²) in [5, 5.41) is 50.2. The molecule has 145 heavy (non-hydrogen) atoms. The van der Waals surface area contributed by atoms with Crippen molar-refractivity contribution in [3.05, 3.63) is 273 Å². The largest absolute Gasteiger partial charge is 0.435 e. The highest BCUT2D eigenvalue weighted by Crippen LogP contribution is 2.33. The zero-order valence-electron chi connectivity index (χ0n) is 94.4. The number of rotatable bonds is 23. The molecule has 1 aliphatic heterocycles. The Morgan fingerprint density at radius 1 is 0.483 bits per heavy atom. The number of imidazole rings is 1. The van der Waals surface area contributed by atoms with Gasteiger partial charge in [0.15, 0.2) is 5.82 Å². The van der Waals surface area contributed by atoms with Gasteiger partial charge in [0.25, 0.3) is 0 Å². The summed E-state index contributed by atoms with van der Waals surface area (Å²) in [4.78, 5) is 24.1. The molecule has 0 radical (unpaired) electrons. The number of aliphatic imine (C=N–C) groups is 1. The predicted octanol–water partition coefficient (Wildman–Crippen LogP) is 24.0. The maximum Gasteiger partial charge on any atom is 0.435 e. The number of aliphatic hydroxyl groups excluding tert-OH is 1. The summed E-state index contributed by atoms with van der Waals surface area (Å²) in [5.41, 5.74) is 22.4. The number of allylic oxidation sites excluding steroid dienone is 1. The van der Waals surface area contributed by atoms with Crippen molar-refractivity contribution < 1.29 is 41.0 Å². The number of carbonyl (C=O) groups is 1. The Morgan fingerprint density at radius 3 is 1.28 bits per heavy atom. The number of aromatic nitrogens is 23. The first kappa shape index (κ1) is 127. The first-order chi connectivity index (χ1) is 67.9. The van der Waals surface area contributed by atoms with Crippen LogP contribution in [0.15, 0.2) is 183 Å².